The van der Waals surface area contributed by atoms with Crippen LogP contribution in [-0.2, 0) is 6.54 Å². The molecule has 20 heavy (non-hydrogen) atoms. The maximum absolute atomic E-state index is 5.55. The molecule has 0 radical (unpaired) electrons. The van der Waals surface area contributed by atoms with Gasteiger partial charge in [-0.1, -0.05) is 47.0 Å². The van der Waals surface area contributed by atoms with E-state index in [2.05, 4.69) is 69.7 Å². The number of hydrogen-bond donors (Lipinski definition) is 2. The van der Waals surface area contributed by atoms with Gasteiger partial charge in [0.2, 0.25) is 5.89 Å². The highest BCUT2D eigenvalue weighted by Gasteiger charge is 2.11. The van der Waals surface area contributed by atoms with Crippen LogP contribution < -0.4 is 10.6 Å². The Morgan fingerprint density at radius 1 is 1.25 bits per heavy atom. The van der Waals surface area contributed by atoms with Gasteiger partial charge in [0.1, 0.15) is 0 Å². The molecule has 0 spiro atoms. The third-order valence-electron chi connectivity index (χ3n) is 2.82. The van der Waals surface area contributed by atoms with Crippen molar-refractivity contribution < 1.29 is 4.42 Å². The fraction of sp³-hybridized carbons (Fsp3) is 0.429. The molecule has 0 bridgehead atoms. The predicted octanol–water partition coefficient (Wildman–Crippen LogP) is 3.50. The summed E-state index contributed by atoms with van der Waals surface area (Å²) in [5.41, 5.74) is 1.15. The van der Waals surface area contributed by atoms with Gasteiger partial charge in [-0.3, -0.25) is 0 Å². The van der Waals surface area contributed by atoms with Crippen molar-refractivity contribution in [2.75, 3.05) is 5.32 Å². The summed E-state index contributed by atoms with van der Waals surface area (Å²) < 4.78 is 6.60. The standard InChI is InChI=1S/C14H19BrN4O/c1-9(2)16-8-13-18-19-14(20-13)17-10(3)11-5-4-6-12(15)7-11/h4-7,9-10,16H,8H2,1-3H3,(H,17,19). The number of aromatic nitrogens is 2. The summed E-state index contributed by atoms with van der Waals surface area (Å²) in [6, 6.07) is 9.05. The van der Waals surface area contributed by atoms with Crippen LogP contribution in [0.2, 0.25) is 0 Å². The van der Waals surface area contributed by atoms with E-state index >= 15 is 0 Å². The first kappa shape index (κ1) is 15.0. The van der Waals surface area contributed by atoms with Crippen LogP contribution in [0.4, 0.5) is 6.01 Å². The monoisotopic (exact) mass is 338 g/mol. The first-order valence-electron chi connectivity index (χ1n) is 6.62. The number of anilines is 1. The molecular weight excluding hydrogens is 320 g/mol. The molecule has 1 aromatic heterocycles. The Balaban J connectivity index is 1.96. The molecule has 108 valence electrons. The molecule has 5 nitrogen and oxygen atoms in total. The highest BCUT2D eigenvalue weighted by atomic mass is 79.9. The van der Waals surface area contributed by atoms with Crippen molar-refractivity contribution >= 4 is 21.9 Å². The molecule has 1 aromatic carbocycles. The molecule has 0 fully saturated rings. The minimum Gasteiger partial charge on any atom is -0.407 e. The van der Waals surface area contributed by atoms with E-state index in [1.807, 2.05) is 12.1 Å². The quantitative estimate of drug-likeness (QED) is 0.843. The van der Waals surface area contributed by atoms with E-state index in [1.165, 1.54) is 0 Å². The Labute approximate surface area is 127 Å². The molecule has 1 heterocycles. The van der Waals surface area contributed by atoms with Gasteiger partial charge in [0, 0.05) is 10.5 Å². The van der Waals surface area contributed by atoms with Crippen LogP contribution in [-0.4, -0.2) is 16.2 Å². The summed E-state index contributed by atoms with van der Waals surface area (Å²) in [4.78, 5) is 0. The van der Waals surface area contributed by atoms with Crippen LogP contribution in [0, 0.1) is 0 Å². The maximum atomic E-state index is 5.55. The van der Waals surface area contributed by atoms with E-state index in [-0.39, 0.29) is 6.04 Å². The Kier molecular flexibility index (Phi) is 5.14. The van der Waals surface area contributed by atoms with Gasteiger partial charge in [-0.2, -0.15) is 0 Å². The molecule has 1 unspecified atom stereocenters. The van der Waals surface area contributed by atoms with E-state index in [1.54, 1.807) is 0 Å². The Morgan fingerprint density at radius 2 is 2.05 bits per heavy atom. The van der Waals surface area contributed by atoms with Gasteiger partial charge in [-0.15, -0.1) is 5.10 Å². The molecular formula is C14H19BrN4O. The summed E-state index contributed by atoms with van der Waals surface area (Å²) in [5.74, 6) is 0.586. The second kappa shape index (κ2) is 6.85. The van der Waals surface area contributed by atoms with E-state index in [0.717, 1.165) is 10.0 Å². The first-order valence-corrected chi connectivity index (χ1v) is 7.41. The summed E-state index contributed by atoms with van der Waals surface area (Å²) in [5, 5.41) is 14.4. The molecule has 0 aliphatic rings. The molecule has 0 aliphatic carbocycles. The molecule has 0 amide bonds. The third-order valence-corrected chi connectivity index (χ3v) is 3.31. The lowest BCUT2D eigenvalue weighted by Crippen LogP contribution is -2.21. The lowest BCUT2D eigenvalue weighted by Gasteiger charge is -2.12. The van der Waals surface area contributed by atoms with Gasteiger partial charge in [0.25, 0.3) is 0 Å². The van der Waals surface area contributed by atoms with Crippen molar-refractivity contribution in [1.29, 1.82) is 0 Å². The number of benzene rings is 1. The number of nitrogens with zero attached hydrogens (tertiary/aromatic N) is 2. The average molecular weight is 339 g/mol. The van der Waals surface area contributed by atoms with Gasteiger partial charge < -0.3 is 15.1 Å². The van der Waals surface area contributed by atoms with E-state index in [4.69, 9.17) is 4.42 Å². The number of rotatable bonds is 6. The Bertz CT molecular complexity index is 556. The molecule has 1 atom stereocenters. The van der Waals surface area contributed by atoms with Crippen molar-refractivity contribution in [2.45, 2.75) is 39.4 Å². The zero-order valence-corrected chi connectivity index (χ0v) is 13.4. The van der Waals surface area contributed by atoms with E-state index in [9.17, 15) is 0 Å². The summed E-state index contributed by atoms with van der Waals surface area (Å²) in [6.07, 6.45) is 0. The van der Waals surface area contributed by atoms with Crippen LogP contribution >= 0.6 is 15.9 Å². The Hall–Kier alpha value is -1.40. The SMILES string of the molecule is CC(C)NCc1nnc(NC(C)c2cccc(Br)c2)o1. The van der Waals surface area contributed by atoms with Crippen LogP contribution in [0.5, 0.6) is 0 Å². The molecule has 0 saturated carbocycles. The second-order valence-electron chi connectivity index (χ2n) is 4.96. The minimum atomic E-state index is 0.0962. The molecule has 0 saturated heterocycles. The van der Waals surface area contributed by atoms with Gasteiger partial charge >= 0.3 is 6.01 Å². The van der Waals surface area contributed by atoms with E-state index in [0.29, 0.717) is 24.5 Å². The smallest absolute Gasteiger partial charge is 0.315 e. The van der Waals surface area contributed by atoms with Crippen molar-refractivity contribution in [3.63, 3.8) is 0 Å². The largest absolute Gasteiger partial charge is 0.407 e. The van der Waals surface area contributed by atoms with Crippen LogP contribution in [0.3, 0.4) is 0 Å². The maximum Gasteiger partial charge on any atom is 0.315 e. The van der Waals surface area contributed by atoms with E-state index < -0.39 is 0 Å². The third kappa shape index (κ3) is 4.31. The van der Waals surface area contributed by atoms with Gasteiger partial charge in [-0.25, -0.2) is 0 Å². The number of nitrogens with one attached hydrogen (secondary N) is 2. The molecule has 2 rings (SSSR count). The van der Waals surface area contributed by atoms with Crippen molar-refractivity contribution in [3.05, 3.63) is 40.2 Å². The highest BCUT2D eigenvalue weighted by molar-refractivity contribution is 9.10. The fourth-order valence-corrected chi connectivity index (χ4v) is 2.14. The molecule has 0 aliphatic heterocycles. The minimum absolute atomic E-state index is 0.0962. The lowest BCUT2D eigenvalue weighted by molar-refractivity contribution is 0.456. The van der Waals surface area contributed by atoms with Gasteiger partial charge in [-0.05, 0) is 24.6 Å². The summed E-state index contributed by atoms with van der Waals surface area (Å²) >= 11 is 3.47. The van der Waals surface area contributed by atoms with Crippen molar-refractivity contribution in [2.24, 2.45) is 0 Å². The highest BCUT2D eigenvalue weighted by Crippen LogP contribution is 2.21. The predicted molar refractivity (Wildman–Crippen MR) is 82.5 cm³/mol. The van der Waals surface area contributed by atoms with Crippen LogP contribution in [0.25, 0.3) is 0 Å². The topological polar surface area (TPSA) is 63.0 Å². The molecule has 6 heteroatoms. The number of hydrogen-bond acceptors (Lipinski definition) is 5. The van der Waals surface area contributed by atoms with Gasteiger partial charge in [0.15, 0.2) is 0 Å². The fourth-order valence-electron chi connectivity index (χ4n) is 1.72. The lowest BCUT2D eigenvalue weighted by atomic mass is 10.1. The average Bonchev–Trinajstić information content (AvgIpc) is 2.84. The number of halogens is 1. The zero-order valence-electron chi connectivity index (χ0n) is 11.9. The Morgan fingerprint density at radius 3 is 2.75 bits per heavy atom. The van der Waals surface area contributed by atoms with Crippen molar-refractivity contribution in [1.82, 2.24) is 15.5 Å². The molecule has 2 N–H and O–H groups in total. The normalized spacial score (nSPS) is 12.7. The van der Waals surface area contributed by atoms with Gasteiger partial charge in [0.05, 0.1) is 12.6 Å². The summed E-state index contributed by atoms with van der Waals surface area (Å²) in [7, 11) is 0. The van der Waals surface area contributed by atoms with Crippen LogP contribution in [0.1, 0.15) is 38.3 Å². The second-order valence-corrected chi connectivity index (χ2v) is 5.87. The summed E-state index contributed by atoms with van der Waals surface area (Å²) in [6.45, 7) is 6.78. The first-order chi connectivity index (χ1) is 9.54. The van der Waals surface area contributed by atoms with Crippen molar-refractivity contribution in [3.8, 4) is 0 Å². The van der Waals surface area contributed by atoms with Crippen LogP contribution in [0.15, 0.2) is 33.2 Å². The molecule has 2 aromatic rings. The zero-order chi connectivity index (χ0) is 14.5.